The highest BCUT2D eigenvalue weighted by atomic mass is 35.5. The van der Waals surface area contributed by atoms with E-state index in [2.05, 4.69) is 17.4 Å². The SMILES string of the molecule is NCc1ccc(CN(C(=O)Cc2ccc(Cl)cc2)C2CCNCC2)cc1. The van der Waals surface area contributed by atoms with Crippen LogP contribution in [0.1, 0.15) is 29.5 Å². The van der Waals surface area contributed by atoms with Gasteiger partial charge < -0.3 is 16.0 Å². The van der Waals surface area contributed by atoms with Crippen LogP contribution >= 0.6 is 11.6 Å². The highest BCUT2D eigenvalue weighted by Gasteiger charge is 2.25. The molecule has 2 aromatic carbocycles. The molecule has 3 N–H and O–H groups in total. The van der Waals surface area contributed by atoms with Gasteiger partial charge in [-0.1, -0.05) is 48.0 Å². The Morgan fingerprint density at radius 1 is 1.00 bits per heavy atom. The van der Waals surface area contributed by atoms with Crippen molar-refractivity contribution in [2.24, 2.45) is 5.73 Å². The van der Waals surface area contributed by atoms with Crippen LogP contribution < -0.4 is 11.1 Å². The quantitative estimate of drug-likeness (QED) is 0.820. The van der Waals surface area contributed by atoms with E-state index in [9.17, 15) is 4.79 Å². The van der Waals surface area contributed by atoms with Crippen molar-refractivity contribution in [1.29, 1.82) is 0 Å². The van der Waals surface area contributed by atoms with Crippen LogP contribution in [0.15, 0.2) is 48.5 Å². The summed E-state index contributed by atoms with van der Waals surface area (Å²) in [7, 11) is 0. The van der Waals surface area contributed by atoms with Gasteiger partial charge in [-0.25, -0.2) is 0 Å². The first-order valence-corrected chi connectivity index (χ1v) is 9.56. The van der Waals surface area contributed by atoms with Crippen LogP contribution in [0, 0.1) is 0 Å². The highest BCUT2D eigenvalue weighted by molar-refractivity contribution is 6.30. The summed E-state index contributed by atoms with van der Waals surface area (Å²) in [6, 6.07) is 16.0. The molecule has 3 rings (SSSR count). The van der Waals surface area contributed by atoms with E-state index in [-0.39, 0.29) is 11.9 Å². The third-order valence-corrected chi connectivity index (χ3v) is 5.20. The molecule has 1 aliphatic heterocycles. The standard InChI is InChI=1S/C21H26ClN3O/c22-19-7-5-16(6-8-19)13-21(26)25(20-9-11-24-12-10-20)15-18-3-1-17(14-23)2-4-18/h1-8,20,24H,9-15,23H2. The Hall–Kier alpha value is -1.88. The zero-order valence-electron chi connectivity index (χ0n) is 15.0. The molecule has 1 aliphatic rings. The molecule has 26 heavy (non-hydrogen) atoms. The second kappa shape index (κ2) is 9.17. The molecule has 0 unspecified atom stereocenters. The van der Waals surface area contributed by atoms with Crippen LogP contribution in [0.3, 0.4) is 0 Å². The van der Waals surface area contributed by atoms with E-state index in [0.717, 1.165) is 42.6 Å². The second-order valence-electron chi connectivity index (χ2n) is 6.83. The van der Waals surface area contributed by atoms with E-state index in [4.69, 9.17) is 17.3 Å². The molecule has 0 atom stereocenters. The fourth-order valence-corrected chi connectivity index (χ4v) is 3.52. The van der Waals surface area contributed by atoms with Crippen LogP contribution in [-0.4, -0.2) is 29.9 Å². The van der Waals surface area contributed by atoms with Crippen LogP contribution in [0.4, 0.5) is 0 Å². The number of hydrogen-bond acceptors (Lipinski definition) is 3. The van der Waals surface area contributed by atoms with Gasteiger partial charge in [-0.2, -0.15) is 0 Å². The lowest BCUT2D eigenvalue weighted by Crippen LogP contribution is -2.46. The van der Waals surface area contributed by atoms with Gasteiger partial charge in [-0.15, -0.1) is 0 Å². The van der Waals surface area contributed by atoms with Crippen molar-refractivity contribution < 1.29 is 4.79 Å². The highest BCUT2D eigenvalue weighted by Crippen LogP contribution is 2.19. The van der Waals surface area contributed by atoms with Crippen LogP contribution in [0.2, 0.25) is 5.02 Å². The Labute approximate surface area is 160 Å². The number of benzene rings is 2. The minimum atomic E-state index is 0.169. The number of nitrogens with two attached hydrogens (primary N) is 1. The summed E-state index contributed by atoms with van der Waals surface area (Å²) >= 11 is 5.95. The normalized spacial score (nSPS) is 15.0. The molecule has 138 valence electrons. The van der Waals surface area contributed by atoms with Crippen molar-refractivity contribution in [2.75, 3.05) is 13.1 Å². The molecular weight excluding hydrogens is 346 g/mol. The van der Waals surface area contributed by atoms with Crippen molar-refractivity contribution in [3.63, 3.8) is 0 Å². The molecule has 0 aromatic heterocycles. The molecule has 0 radical (unpaired) electrons. The molecule has 1 amide bonds. The maximum absolute atomic E-state index is 13.1. The average Bonchev–Trinajstić information content (AvgIpc) is 2.69. The number of rotatable bonds is 6. The Morgan fingerprint density at radius 2 is 1.58 bits per heavy atom. The summed E-state index contributed by atoms with van der Waals surface area (Å²) in [6.45, 7) is 3.10. The van der Waals surface area contributed by atoms with Gasteiger partial charge in [0.1, 0.15) is 0 Å². The van der Waals surface area contributed by atoms with Gasteiger partial charge >= 0.3 is 0 Å². The van der Waals surface area contributed by atoms with Crippen LogP contribution in [-0.2, 0) is 24.3 Å². The van der Waals surface area contributed by atoms with Gasteiger partial charge in [0.15, 0.2) is 0 Å². The number of amides is 1. The largest absolute Gasteiger partial charge is 0.335 e. The third kappa shape index (κ3) is 5.07. The van der Waals surface area contributed by atoms with Crippen LogP contribution in [0.5, 0.6) is 0 Å². The van der Waals surface area contributed by atoms with Gasteiger partial charge in [0.25, 0.3) is 0 Å². The third-order valence-electron chi connectivity index (χ3n) is 4.95. The van der Waals surface area contributed by atoms with Gasteiger partial charge in [0.2, 0.25) is 5.91 Å². The number of carbonyl (C=O) groups excluding carboxylic acids is 1. The molecule has 4 nitrogen and oxygen atoms in total. The monoisotopic (exact) mass is 371 g/mol. The van der Waals surface area contributed by atoms with Gasteiger partial charge in [-0.3, -0.25) is 4.79 Å². The van der Waals surface area contributed by atoms with Crippen molar-refractivity contribution in [3.05, 3.63) is 70.2 Å². The smallest absolute Gasteiger partial charge is 0.227 e. The van der Waals surface area contributed by atoms with E-state index < -0.39 is 0 Å². The summed E-state index contributed by atoms with van der Waals surface area (Å²) in [5, 5.41) is 4.07. The first kappa shape index (κ1) is 18.9. The first-order valence-electron chi connectivity index (χ1n) is 9.18. The molecule has 2 aromatic rings. The molecule has 1 saturated heterocycles. The van der Waals surface area contributed by atoms with E-state index in [1.807, 2.05) is 41.3 Å². The van der Waals surface area contributed by atoms with E-state index in [1.165, 1.54) is 0 Å². The molecular formula is C21H26ClN3O. The minimum Gasteiger partial charge on any atom is -0.335 e. The maximum atomic E-state index is 13.1. The fraction of sp³-hybridized carbons (Fsp3) is 0.381. The minimum absolute atomic E-state index is 0.169. The molecule has 1 heterocycles. The Morgan fingerprint density at radius 3 is 2.19 bits per heavy atom. The lowest BCUT2D eigenvalue weighted by molar-refractivity contribution is -0.134. The number of nitrogens with zero attached hydrogens (tertiary/aromatic N) is 1. The Kier molecular flexibility index (Phi) is 6.67. The molecule has 1 fully saturated rings. The summed E-state index contributed by atoms with van der Waals surface area (Å²) in [5.74, 6) is 0.169. The molecule has 0 saturated carbocycles. The molecule has 0 bridgehead atoms. The lowest BCUT2D eigenvalue weighted by atomic mass is 10.0. The predicted molar refractivity (Wildman–Crippen MR) is 106 cm³/mol. The average molecular weight is 372 g/mol. The van der Waals surface area contributed by atoms with Crippen molar-refractivity contribution in [1.82, 2.24) is 10.2 Å². The Bertz CT molecular complexity index is 709. The van der Waals surface area contributed by atoms with Crippen molar-refractivity contribution in [3.8, 4) is 0 Å². The fourth-order valence-electron chi connectivity index (χ4n) is 3.40. The summed E-state index contributed by atoms with van der Waals surface area (Å²) in [5.41, 5.74) is 8.93. The topological polar surface area (TPSA) is 58.4 Å². The zero-order valence-corrected chi connectivity index (χ0v) is 15.7. The van der Waals surface area contributed by atoms with E-state index in [1.54, 1.807) is 0 Å². The summed E-state index contributed by atoms with van der Waals surface area (Å²) < 4.78 is 0. The Balaban J connectivity index is 1.74. The number of halogens is 1. The van der Waals surface area contributed by atoms with Gasteiger partial charge in [-0.05, 0) is 54.8 Å². The summed E-state index contributed by atoms with van der Waals surface area (Å²) in [4.78, 5) is 15.1. The number of piperidine rings is 1. The zero-order chi connectivity index (χ0) is 18.4. The molecule has 0 aliphatic carbocycles. The molecule has 0 spiro atoms. The summed E-state index contributed by atoms with van der Waals surface area (Å²) in [6.07, 6.45) is 2.39. The van der Waals surface area contributed by atoms with E-state index in [0.29, 0.717) is 24.5 Å². The number of nitrogens with one attached hydrogen (secondary N) is 1. The molecule has 5 heteroatoms. The predicted octanol–water partition coefficient (Wildman–Crippen LogP) is 3.12. The van der Waals surface area contributed by atoms with Crippen LogP contribution in [0.25, 0.3) is 0 Å². The van der Waals surface area contributed by atoms with Crippen molar-refractivity contribution in [2.45, 2.75) is 38.4 Å². The second-order valence-corrected chi connectivity index (χ2v) is 7.26. The number of carbonyl (C=O) groups is 1. The lowest BCUT2D eigenvalue weighted by Gasteiger charge is -2.35. The van der Waals surface area contributed by atoms with Gasteiger partial charge in [0, 0.05) is 24.2 Å². The van der Waals surface area contributed by atoms with E-state index >= 15 is 0 Å². The number of hydrogen-bond donors (Lipinski definition) is 2. The first-order chi connectivity index (χ1) is 12.7. The van der Waals surface area contributed by atoms with Crippen molar-refractivity contribution >= 4 is 17.5 Å². The van der Waals surface area contributed by atoms with Gasteiger partial charge in [0.05, 0.1) is 6.42 Å². The maximum Gasteiger partial charge on any atom is 0.227 e.